The fourth-order valence-electron chi connectivity index (χ4n) is 3.42. The maximum absolute atomic E-state index is 11.9. The molecule has 1 aliphatic carbocycles. The van der Waals surface area contributed by atoms with Crippen LogP contribution < -0.4 is 0 Å². The lowest BCUT2D eigenvalue weighted by molar-refractivity contribution is 0.0699. The first-order chi connectivity index (χ1) is 14.0. The van der Waals surface area contributed by atoms with Gasteiger partial charge in [-0.3, -0.25) is 4.68 Å². The van der Waals surface area contributed by atoms with E-state index in [1.807, 2.05) is 31.2 Å². The Morgan fingerprint density at radius 3 is 2.86 bits per heavy atom. The summed E-state index contributed by atoms with van der Waals surface area (Å²) in [6.07, 6.45) is 3.88. The van der Waals surface area contributed by atoms with Crippen molar-refractivity contribution in [3.63, 3.8) is 0 Å². The number of hydrogen-bond acceptors (Lipinski definition) is 5. The fourth-order valence-corrected chi connectivity index (χ4v) is 3.76. The van der Waals surface area contributed by atoms with Gasteiger partial charge < -0.3 is 9.63 Å². The van der Waals surface area contributed by atoms with Crippen molar-refractivity contribution in [2.75, 3.05) is 0 Å². The first-order valence-corrected chi connectivity index (χ1v) is 9.69. The number of carboxylic acid groups (broad SMARTS) is 1. The van der Waals surface area contributed by atoms with Crippen molar-refractivity contribution >= 4 is 28.5 Å². The van der Waals surface area contributed by atoms with Crippen LogP contribution in [0.25, 0.3) is 22.0 Å². The van der Waals surface area contributed by atoms with Gasteiger partial charge in [-0.15, -0.1) is 0 Å². The average molecular weight is 409 g/mol. The first-order valence-electron chi connectivity index (χ1n) is 9.31. The van der Waals surface area contributed by atoms with Crippen molar-refractivity contribution in [3.05, 3.63) is 64.4 Å². The molecule has 2 heterocycles. The van der Waals surface area contributed by atoms with Crippen molar-refractivity contribution < 1.29 is 14.4 Å². The van der Waals surface area contributed by atoms with E-state index in [0.717, 1.165) is 29.8 Å². The van der Waals surface area contributed by atoms with E-state index in [0.29, 0.717) is 33.3 Å². The predicted molar refractivity (Wildman–Crippen MR) is 107 cm³/mol. The van der Waals surface area contributed by atoms with Crippen molar-refractivity contribution in [2.45, 2.75) is 32.2 Å². The van der Waals surface area contributed by atoms with E-state index in [4.69, 9.17) is 16.1 Å². The second-order valence-electron chi connectivity index (χ2n) is 7.39. The Bertz CT molecular complexity index is 1260. The Hall–Kier alpha value is -3.19. The molecule has 7 nitrogen and oxygen atoms in total. The Morgan fingerprint density at radius 1 is 1.31 bits per heavy atom. The summed E-state index contributed by atoms with van der Waals surface area (Å²) < 4.78 is 6.93. The maximum atomic E-state index is 11.9. The largest absolute Gasteiger partial charge is 0.478 e. The minimum absolute atomic E-state index is 0.171. The van der Waals surface area contributed by atoms with E-state index >= 15 is 0 Å². The zero-order valence-corrected chi connectivity index (χ0v) is 16.3. The van der Waals surface area contributed by atoms with E-state index in [1.165, 1.54) is 0 Å². The van der Waals surface area contributed by atoms with Crippen molar-refractivity contribution in [2.24, 2.45) is 0 Å². The van der Waals surface area contributed by atoms with Crippen LogP contribution >= 0.6 is 11.6 Å². The number of rotatable bonds is 5. The van der Waals surface area contributed by atoms with E-state index in [1.54, 1.807) is 16.9 Å². The van der Waals surface area contributed by atoms with Gasteiger partial charge in [-0.1, -0.05) is 28.9 Å². The van der Waals surface area contributed by atoms with Crippen LogP contribution in [0.15, 0.2) is 41.1 Å². The van der Waals surface area contributed by atoms with Gasteiger partial charge in [0.1, 0.15) is 6.54 Å². The number of halogens is 1. The summed E-state index contributed by atoms with van der Waals surface area (Å²) in [4.78, 5) is 16.3. The number of nitrogens with zero attached hydrogens (tertiary/aromatic N) is 4. The monoisotopic (exact) mass is 408 g/mol. The highest BCUT2D eigenvalue weighted by atomic mass is 35.5. The number of carbonyl (C=O) groups is 1. The summed E-state index contributed by atoms with van der Waals surface area (Å²) in [6.45, 7) is 2.24. The van der Waals surface area contributed by atoms with Crippen molar-refractivity contribution in [1.29, 1.82) is 0 Å². The highest BCUT2D eigenvalue weighted by Gasteiger charge is 2.28. The molecule has 0 bridgehead atoms. The van der Waals surface area contributed by atoms with Gasteiger partial charge in [0, 0.05) is 28.1 Å². The molecule has 4 aromatic rings. The van der Waals surface area contributed by atoms with Gasteiger partial charge in [0.05, 0.1) is 11.1 Å². The third-order valence-corrected chi connectivity index (χ3v) is 5.37. The molecular formula is C21H17ClN4O3. The molecule has 0 atom stereocenters. The third-order valence-electron chi connectivity index (χ3n) is 5.06. The lowest BCUT2D eigenvalue weighted by Crippen LogP contribution is -2.00. The molecule has 1 fully saturated rings. The molecule has 1 saturated carbocycles. The van der Waals surface area contributed by atoms with E-state index < -0.39 is 5.97 Å². The van der Waals surface area contributed by atoms with Crippen LogP contribution in [0.1, 0.15) is 46.4 Å². The van der Waals surface area contributed by atoms with Crippen LogP contribution in [-0.2, 0) is 6.54 Å². The molecule has 0 aliphatic heterocycles. The number of carboxylic acids is 1. The summed E-state index contributed by atoms with van der Waals surface area (Å²) in [5.41, 5.74) is 3.25. The van der Waals surface area contributed by atoms with Gasteiger partial charge in [0.25, 0.3) is 0 Å². The highest BCUT2D eigenvalue weighted by molar-refractivity contribution is 6.33. The first kappa shape index (κ1) is 17.9. The molecule has 1 aliphatic rings. The molecule has 0 unspecified atom stereocenters. The summed E-state index contributed by atoms with van der Waals surface area (Å²) in [5.74, 6) is 0.579. The highest BCUT2D eigenvalue weighted by Crippen LogP contribution is 2.38. The van der Waals surface area contributed by atoms with Crippen molar-refractivity contribution in [3.8, 4) is 11.1 Å². The van der Waals surface area contributed by atoms with Gasteiger partial charge in [-0.25, -0.2) is 4.79 Å². The number of fused-ring (bicyclic) bond motifs is 1. The topological polar surface area (TPSA) is 94.0 Å². The van der Waals surface area contributed by atoms with Gasteiger partial charge in [-0.2, -0.15) is 10.1 Å². The fraction of sp³-hybridized carbons (Fsp3) is 0.238. The molecule has 0 amide bonds. The zero-order valence-electron chi connectivity index (χ0n) is 15.6. The molecule has 0 saturated heterocycles. The van der Waals surface area contributed by atoms with E-state index in [-0.39, 0.29) is 12.1 Å². The smallest absolute Gasteiger partial charge is 0.336 e. The molecule has 2 aromatic heterocycles. The van der Waals surface area contributed by atoms with Crippen molar-refractivity contribution in [1.82, 2.24) is 19.9 Å². The molecule has 0 spiro atoms. The predicted octanol–water partition coefficient (Wildman–Crippen LogP) is 4.67. The van der Waals surface area contributed by atoms with Crippen LogP contribution in [0.4, 0.5) is 0 Å². The second kappa shape index (κ2) is 6.70. The van der Waals surface area contributed by atoms with Crippen LogP contribution in [0.3, 0.4) is 0 Å². The second-order valence-corrected chi connectivity index (χ2v) is 7.80. The molecule has 146 valence electrons. The minimum atomic E-state index is -1.02. The Morgan fingerprint density at radius 2 is 2.14 bits per heavy atom. The maximum Gasteiger partial charge on any atom is 0.336 e. The standard InChI is InChI=1S/C21H17ClN4O3/c1-11-2-5-14(17(22)6-11)13-7-15(21(27)28)16-9-26(24-18(16)8-13)10-19-23-20(25-29-19)12-3-4-12/h2,5-9,12H,3-4,10H2,1H3,(H,27,28). The number of aromatic nitrogens is 4. The van der Waals surface area contributed by atoms with Gasteiger partial charge in [0.2, 0.25) is 5.89 Å². The summed E-state index contributed by atoms with van der Waals surface area (Å²) in [6, 6.07) is 9.16. The number of hydrogen-bond donors (Lipinski definition) is 1. The molecule has 5 rings (SSSR count). The minimum Gasteiger partial charge on any atom is -0.478 e. The molecule has 2 aromatic carbocycles. The molecule has 8 heteroatoms. The Labute approximate surface area is 170 Å². The lowest BCUT2D eigenvalue weighted by atomic mass is 9.99. The van der Waals surface area contributed by atoms with Gasteiger partial charge in [0.15, 0.2) is 5.82 Å². The summed E-state index contributed by atoms with van der Waals surface area (Å²) in [7, 11) is 0. The van der Waals surface area contributed by atoms with Crippen LogP contribution in [0.5, 0.6) is 0 Å². The molecular weight excluding hydrogens is 392 g/mol. The lowest BCUT2D eigenvalue weighted by Gasteiger charge is -2.07. The summed E-state index contributed by atoms with van der Waals surface area (Å²) in [5, 5.41) is 19.4. The zero-order chi connectivity index (χ0) is 20.1. The number of aryl methyl sites for hydroxylation is 1. The van der Waals surface area contributed by atoms with Gasteiger partial charge >= 0.3 is 5.97 Å². The van der Waals surface area contributed by atoms with Crippen LogP contribution in [0.2, 0.25) is 5.02 Å². The SMILES string of the molecule is Cc1ccc(-c2cc(C(=O)O)c3cn(Cc4nc(C5CC5)no4)nc3c2)c(Cl)c1. The van der Waals surface area contributed by atoms with Gasteiger partial charge in [-0.05, 0) is 49.1 Å². The number of aromatic carboxylic acids is 1. The quantitative estimate of drug-likeness (QED) is 0.515. The number of benzene rings is 2. The molecule has 29 heavy (non-hydrogen) atoms. The van der Waals surface area contributed by atoms with E-state index in [9.17, 15) is 9.90 Å². The average Bonchev–Trinajstić information content (AvgIpc) is 3.28. The molecule has 0 radical (unpaired) electrons. The van der Waals surface area contributed by atoms with E-state index in [2.05, 4.69) is 15.2 Å². The normalized spacial score (nSPS) is 13.9. The summed E-state index contributed by atoms with van der Waals surface area (Å²) >= 11 is 6.39. The van der Waals surface area contributed by atoms with Crippen LogP contribution in [0, 0.1) is 6.92 Å². The molecule has 1 N–H and O–H groups in total. The third kappa shape index (κ3) is 3.38. The Balaban J connectivity index is 1.56. The Kier molecular flexibility index (Phi) is 4.13. The van der Waals surface area contributed by atoms with Crippen LogP contribution in [-0.4, -0.2) is 31.0 Å².